The first-order chi connectivity index (χ1) is 19.6. The maximum atomic E-state index is 12.8. The van der Waals surface area contributed by atoms with Crippen molar-refractivity contribution in [2.45, 2.75) is 32.6 Å². The van der Waals surface area contributed by atoms with E-state index in [1.807, 2.05) is 42.5 Å². The van der Waals surface area contributed by atoms with Crippen molar-refractivity contribution < 1.29 is 14.3 Å². The lowest BCUT2D eigenvalue weighted by Gasteiger charge is -2.19. The minimum Gasteiger partial charge on any atom is -0.492 e. The number of carbonyl (C=O) groups excluding carboxylic acids is 2. The van der Waals surface area contributed by atoms with Gasteiger partial charge in [-0.3, -0.25) is 14.9 Å². The largest absolute Gasteiger partial charge is 0.492 e. The molecule has 3 N–H and O–H groups in total. The third-order valence-electron chi connectivity index (χ3n) is 6.30. The third kappa shape index (κ3) is 8.74. The van der Waals surface area contributed by atoms with E-state index in [0.717, 1.165) is 12.0 Å². The lowest BCUT2D eigenvalue weighted by Crippen LogP contribution is -2.34. The van der Waals surface area contributed by atoms with Gasteiger partial charge in [-0.25, -0.2) is 0 Å². The minimum absolute atomic E-state index is 0.0137. The molecular weight excluding hydrogens is 598 g/mol. The molecular formula is C33H32BrN3O3S. The molecule has 6 nitrogen and oxygen atoms in total. The van der Waals surface area contributed by atoms with Crippen LogP contribution in [0.15, 0.2) is 102 Å². The van der Waals surface area contributed by atoms with Crippen LogP contribution in [0, 0.1) is 0 Å². The molecule has 0 aromatic heterocycles. The Morgan fingerprint density at radius 1 is 0.780 bits per heavy atom. The summed E-state index contributed by atoms with van der Waals surface area (Å²) in [6, 6.07) is 29.9. The predicted molar refractivity (Wildman–Crippen MR) is 173 cm³/mol. The molecule has 2 amide bonds. The fourth-order valence-electron chi connectivity index (χ4n) is 4.02. The molecule has 0 fully saturated rings. The van der Waals surface area contributed by atoms with Crippen LogP contribution in [0.4, 0.5) is 11.4 Å². The van der Waals surface area contributed by atoms with Gasteiger partial charge in [-0.1, -0.05) is 69.3 Å². The second-order valence-electron chi connectivity index (χ2n) is 10.5. The molecule has 0 radical (unpaired) electrons. The van der Waals surface area contributed by atoms with E-state index in [2.05, 4.69) is 64.8 Å². The molecule has 0 unspecified atom stereocenters. The number of ether oxygens (including phenoxy) is 1. The highest BCUT2D eigenvalue weighted by molar-refractivity contribution is 9.10. The zero-order valence-electron chi connectivity index (χ0n) is 23.2. The van der Waals surface area contributed by atoms with Gasteiger partial charge < -0.3 is 15.4 Å². The van der Waals surface area contributed by atoms with Gasteiger partial charge in [0.15, 0.2) is 5.11 Å². The molecule has 0 saturated carbocycles. The molecule has 210 valence electrons. The van der Waals surface area contributed by atoms with Gasteiger partial charge in [-0.2, -0.15) is 0 Å². The van der Waals surface area contributed by atoms with Crippen molar-refractivity contribution in [1.82, 2.24) is 5.32 Å². The van der Waals surface area contributed by atoms with Crippen LogP contribution >= 0.6 is 28.1 Å². The quantitative estimate of drug-likeness (QED) is 0.174. The fourth-order valence-corrected chi connectivity index (χ4v) is 4.72. The van der Waals surface area contributed by atoms with Gasteiger partial charge in [0.1, 0.15) is 5.75 Å². The number of amides is 2. The predicted octanol–water partition coefficient (Wildman–Crippen LogP) is 7.75. The summed E-state index contributed by atoms with van der Waals surface area (Å²) in [7, 11) is 0. The maximum Gasteiger partial charge on any atom is 0.257 e. The molecule has 8 heteroatoms. The summed E-state index contributed by atoms with van der Waals surface area (Å²) < 4.78 is 6.55. The van der Waals surface area contributed by atoms with Crippen molar-refractivity contribution >= 4 is 56.4 Å². The molecule has 0 aliphatic heterocycles. The Morgan fingerprint density at radius 2 is 1.44 bits per heavy atom. The van der Waals surface area contributed by atoms with Gasteiger partial charge >= 0.3 is 0 Å². The van der Waals surface area contributed by atoms with Crippen molar-refractivity contribution in [3.63, 3.8) is 0 Å². The highest BCUT2D eigenvalue weighted by Gasteiger charge is 2.15. The van der Waals surface area contributed by atoms with Crippen molar-refractivity contribution in [2.75, 3.05) is 17.2 Å². The Morgan fingerprint density at radius 3 is 2.10 bits per heavy atom. The second kappa shape index (κ2) is 13.6. The van der Waals surface area contributed by atoms with E-state index < -0.39 is 0 Å². The minimum atomic E-state index is -0.359. The Hall–Kier alpha value is -4.01. The molecule has 0 aliphatic carbocycles. The smallest absolute Gasteiger partial charge is 0.257 e. The van der Waals surface area contributed by atoms with Gasteiger partial charge in [0.25, 0.3) is 11.8 Å². The van der Waals surface area contributed by atoms with E-state index in [1.165, 1.54) is 5.56 Å². The van der Waals surface area contributed by atoms with Crippen LogP contribution in [0.2, 0.25) is 0 Å². The molecule has 0 bridgehead atoms. The zero-order valence-corrected chi connectivity index (χ0v) is 25.6. The van der Waals surface area contributed by atoms with Crippen molar-refractivity contribution in [3.05, 3.63) is 124 Å². The van der Waals surface area contributed by atoms with Gasteiger partial charge in [0.2, 0.25) is 0 Å². The number of thiocarbonyl (C=S) groups is 1. The molecule has 0 saturated heterocycles. The number of rotatable bonds is 8. The van der Waals surface area contributed by atoms with E-state index in [4.69, 9.17) is 17.0 Å². The summed E-state index contributed by atoms with van der Waals surface area (Å²) in [6.07, 6.45) is 0.783. The molecule has 4 rings (SSSR count). The van der Waals surface area contributed by atoms with Crippen LogP contribution < -0.4 is 20.7 Å². The number of anilines is 2. The molecule has 41 heavy (non-hydrogen) atoms. The third-order valence-corrected chi connectivity index (χ3v) is 7.13. The number of carbonyl (C=O) groups is 2. The highest BCUT2D eigenvalue weighted by atomic mass is 79.9. The van der Waals surface area contributed by atoms with E-state index in [-0.39, 0.29) is 22.3 Å². The lowest BCUT2D eigenvalue weighted by atomic mass is 9.87. The molecule has 4 aromatic carbocycles. The van der Waals surface area contributed by atoms with Crippen molar-refractivity contribution in [3.8, 4) is 5.75 Å². The first-order valence-corrected chi connectivity index (χ1v) is 14.4. The monoisotopic (exact) mass is 629 g/mol. The Kier molecular flexibility index (Phi) is 9.91. The summed E-state index contributed by atoms with van der Waals surface area (Å²) in [6.45, 7) is 6.91. The molecule has 0 heterocycles. The van der Waals surface area contributed by atoms with Gasteiger partial charge in [-0.15, -0.1) is 0 Å². The van der Waals surface area contributed by atoms with Crippen LogP contribution in [0.1, 0.15) is 52.6 Å². The second-order valence-corrected chi connectivity index (χ2v) is 11.8. The number of nitrogens with one attached hydrogen (secondary N) is 3. The van der Waals surface area contributed by atoms with Crippen molar-refractivity contribution in [1.29, 1.82) is 0 Å². The first-order valence-electron chi connectivity index (χ1n) is 13.2. The van der Waals surface area contributed by atoms with E-state index in [1.54, 1.807) is 42.5 Å². The van der Waals surface area contributed by atoms with E-state index in [0.29, 0.717) is 39.3 Å². The Balaban J connectivity index is 1.29. The fraction of sp³-hybridized carbons (Fsp3) is 0.182. The van der Waals surface area contributed by atoms with E-state index >= 15 is 0 Å². The van der Waals surface area contributed by atoms with Gasteiger partial charge in [0.05, 0.1) is 11.1 Å². The van der Waals surface area contributed by atoms with Crippen molar-refractivity contribution in [2.24, 2.45) is 0 Å². The summed E-state index contributed by atoms with van der Waals surface area (Å²) in [5, 5.41) is 8.73. The van der Waals surface area contributed by atoms with Gasteiger partial charge in [0, 0.05) is 28.9 Å². The number of hydrogen-bond donors (Lipinski definition) is 3. The number of halogens is 1. The average molecular weight is 631 g/mol. The van der Waals surface area contributed by atoms with Crippen LogP contribution in [-0.4, -0.2) is 23.5 Å². The first kappa shape index (κ1) is 30.0. The topological polar surface area (TPSA) is 79.5 Å². The van der Waals surface area contributed by atoms with Crippen LogP contribution in [0.25, 0.3) is 0 Å². The normalized spacial score (nSPS) is 10.9. The molecule has 4 aromatic rings. The number of benzene rings is 4. The molecule has 0 atom stereocenters. The Bertz CT molecular complexity index is 1530. The van der Waals surface area contributed by atoms with Crippen LogP contribution in [-0.2, 0) is 11.8 Å². The summed E-state index contributed by atoms with van der Waals surface area (Å²) >= 11 is 8.85. The van der Waals surface area contributed by atoms with E-state index in [9.17, 15) is 9.59 Å². The molecule has 0 aliphatic rings. The van der Waals surface area contributed by atoms with Crippen LogP contribution in [0.5, 0.6) is 5.75 Å². The lowest BCUT2D eigenvalue weighted by molar-refractivity contribution is 0.0976. The van der Waals surface area contributed by atoms with Gasteiger partial charge in [-0.05, 0) is 93.2 Å². The summed E-state index contributed by atoms with van der Waals surface area (Å²) in [5.74, 6) is 0.0842. The zero-order chi connectivity index (χ0) is 29.4. The van der Waals surface area contributed by atoms with Crippen LogP contribution in [0.3, 0.4) is 0 Å². The number of hydrogen-bond acceptors (Lipinski definition) is 4. The summed E-state index contributed by atoms with van der Waals surface area (Å²) in [4.78, 5) is 25.6. The standard InChI is InChI=1S/C33H32BrN3O3S/c1-33(2,3)25-15-12-23(13-16-25)30(38)35-26-10-7-11-27(21-26)36-32(41)37-31(39)24-14-17-29(28(34)20-24)40-19-18-22-8-5-4-6-9-22/h4-17,20-21H,18-19H2,1-3H3,(H,35,38)(H2,36,37,39,41). The Labute approximate surface area is 254 Å². The molecule has 0 spiro atoms. The maximum absolute atomic E-state index is 12.8. The highest BCUT2D eigenvalue weighted by Crippen LogP contribution is 2.26. The average Bonchev–Trinajstić information content (AvgIpc) is 2.94. The summed E-state index contributed by atoms with van der Waals surface area (Å²) in [5.41, 5.74) is 4.58. The SMILES string of the molecule is CC(C)(C)c1ccc(C(=O)Nc2cccc(NC(=S)NC(=O)c3ccc(OCCc4ccccc4)c(Br)c3)c2)cc1.